The number of ether oxygens (including phenoxy) is 1. The Labute approximate surface area is 163 Å². The van der Waals surface area contributed by atoms with E-state index in [2.05, 4.69) is 15.5 Å². The van der Waals surface area contributed by atoms with Crippen LogP contribution >= 0.6 is 0 Å². The molecule has 1 aromatic heterocycles. The summed E-state index contributed by atoms with van der Waals surface area (Å²) < 4.78 is 5.65. The number of likely N-dealkylation sites (tertiary alicyclic amines) is 1. The molecule has 28 heavy (non-hydrogen) atoms. The monoisotopic (exact) mass is 386 g/mol. The molecule has 1 saturated heterocycles. The van der Waals surface area contributed by atoms with Crippen LogP contribution in [0.2, 0.25) is 0 Å². The second kappa shape index (κ2) is 8.43. The zero-order valence-corrected chi connectivity index (χ0v) is 16.4. The van der Waals surface area contributed by atoms with Crippen molar-refractivity contribution < 1.29 is 19.4 Å². The third-order valence-corrected chi connectivity index (χ3v) is 4.79. The summed E-state index contributed by atoms with van der Waals surface area (Å²) >= 11 is 0. The Bertz CT molecular complexity index is 862. The van der Waals surface area contributed by atoms with Crippen LogP contribution < -0.4 is 10.1 Å². The first-order valence-electron chi connectivity index (χ1n) is 9.41. The van der Waals surface area contributed by atoms with Gasteiger partial charge in [0.2, 0.25) is 11.8 Å². The van der Waals surface area contributed by atoms with Gasteiger partial charge in [-0.05, 0) is 32.4 Å². The molecule has 1 aliphatic rings. The molecule has 0 bridgehead atoms. The highest BCUT2D eigenvalue weighted by Crippen LogP contribution is 2.33. The predicted octanol–water partition coefficient (Wildman–Crippen LogP) is 2.12. The number of aliphatic hydroxyl groups is 1. The Kier molecular flexibility index (Phi) is 5.99. The fraction of sp³-hybridized carbons (Fsp3) is 0.450. The number of aromatic amines is 1. The highest BCUT2D eigenvalue weighted by molar-refractivity contribution is 5.94. The molecule has 8 heteroatoms. The van der Waals surface area contributed by atoms with Crippen LogP contribution in [-0.2, 0) is 9.59 Å². The van der Waals surface area contributed by atoms with Gasteiger partial charge in [0, 0.05) is 30.5 Å². The molecule has 3 N–H and O–H groups in total. The number of carbonyl (C=O) groups excluding carboxylic acids is 2. The van der Waals surface area contributed by atoms with Gasteiger partial charge < -0.3 is 20.1 Å². The number of nitrogens with zero attached hydrogens (tertiary/aromatic N) is 2. The lowest BCUT2D eigenvalue weighted by Crippen LogP contribution is -2.34. The zero-order chi connectivity index (χ0) is 20.3. The van der Waals surface area contributed by atoms with Crippen molar-refractivity contribution in [2.75, 3.05) is 25.0 Å². The summed E-state index contributed by atoms with van der Waals surface area (Å²) in [6.07, 6.45) is -0.289. The Hall–Kier alpha value is -2.87. The molecule has 2 heterocycles. The minimum Gasteiger partial charge on any atom is -0.493 e. The van der Waals surface area contributed by atoms with Gasteiger partial charge >= 0.3 is 0 Å². The number of anilines is 1. The second-order valence-electron chi connectivity index (χ2n) is 7.05. The normalized spacial score (nSPS) is 17.6. The summed E-state index contributed by atoms with van der Waals surface area (Å²) in [5, 5.41) is 19.3. The summed E-state index contributed by atoms with van der Waals surface area (Å²) in [6, 6.07) is 7.37. The van der Waals surface area contributed by atoms with E-state index in [1.54, 1.807) is 17.9 Å². The molecular weight excluding hydrogens is 360 g/mol. The van der Waals surface area contributed by atoms with Crippen LogP contribution in [-0.4, -0.2) is 51.7 Å². The second-order valence-corrected chi connectivity index (χ2v) is 7.05. The molecule has 150 valence electrons. The molecule has 0 spiro atoms. The highest BCUT2D eigenvalue weighted by Gasteiger charge is 2.32. The maximum atomic E-state index is 12.4. The molecular formula is C20H26N4O4. The van der Waals surface area contributed by atoms with Crippen molar-refractivity contribution >= 4 is 17.6 Å². The number of aliphatic hydroxyl groups excluding tert-OH is 1. The third-order valence-electron chi connectivity index (χ3n) is 4.79. The van der Waals surface area contributed by atoms with Crippen molar-refractivity contribution in [2.45, 2.75) is 39.2 Å². The van der Waals surface area contributed by atoms with Crippen molar-refractivity contribution in [1.82, 2.24) is 15.1 Å². The van der Waals surface area contributed by atoms with Gasteiger partial charge in [-0.15, -0.1) is 0 Å². The first-order valence-corrected chi connectivity index (χ1v) is 9.41. The molecule has 2 amide bonds. The summed E-state index contributed by atoms with van der Waals surface area (Å²) in [5.41, 5.74) is 2.47. The Morgan fingerprint density at radius 2 is 2.25 bits per heavy atom. The van der Waals surface area contributed by atoms with E-state index in [1.807, 2.05) is 32.0 Å². The fourth-order valence-corrected chi connectivity index (χ4v) is 3.43. The van der Waals surface area contributed by atoms with Crippen LogP contribution in [0.25, 0.3) is 0 Å². The Balaban J connectivity index is 1.66. The number of aromatic nitrogens is 2. The van der Waals surface area contributed by atoms with E-state index in [0.717, 1.165) is 16.8 Å². The zero-order valence-electron chi connectivity index (χ0n) is 16.4. The third kappa shape index (κ3) is 4.51. The van der Waals surface area contributed by atoms with Gasteiger partial charge in [-0.1, -0.05) is 12.1 Å². The van der Waals surface area contributed by atoms with E-state index in [4.69, 9.17) is 4.74 Å². The molecule has 3 rings (SSSR count). The number of hydrogen-bond acceptors (Lipinski definition) is 5. The molecule has 0 radical (unpaired) electrons. The number of rotatable bonds is 7. The minimum absolute atomic E-state index is 0.00250. The average molecular weight is 386 g/mol. The molecule has 1 aromatic carbocycles. The first-order chi connectivity index (χ1) is 13.4. The first kappa shape index (κ1) is 19.9. The van der Waals surface area contributed by atoms with E-state index >= 15 is 0 Å². The molecule has 2 atom stereocenters. The number of hydrogen-bond donors (Lipinski definition) is 3. The Morgan fingerprint density at radius 3 is 2.89 bits per heavy atom. The summed E-state index contributed by atoms with van der Waals surface area (Å²) in [6.45, 7) is 6.36. The number of carbonyl (C=O) groups is 2. The summed E-state index contributed by atoms with van der Waals surface area (Å²) in [5.74, 6) is 0.807. The van der Waals surface area contributed by atoms with Gasteiger partial charge in [-0.2, -0.15) is 5.10 Å². The summed E-state index contributed by atoms with van der Waals surface area (Å²) in [4.78, 5) is 26.2. The lowest BCUT2D eigenvalue weighted by molar-refractivity contribution is -0.131. The summed E-state index contributed by atoms with van der Waals surface area (Å²) in [7, 11) is 0. The number of H-pyrrole nitrogens is 1. The molecule has 8 nitrogen and oxygen atoms in total. The Morgan fingerprint density at radius 1 is 1.46 bits per heavy atom. The smallest absolute Gasteiger partial charge is 0.245 e. The maximum absolute atomic E-state index is 12.4. The molecule has 0 saturated carbocycles. The van der Waals surface area contributed by atoms with Crippen molar-refractivity contribution in [3.8, 4) is 5.75 Å². The predicted molar refractivity (Wildman–Crippen MR) is 104 cm³/mol. The van der Waals surface area contributed by atoms with E-state index in [0.29, 0.717) is 31.1 Å². The SMILES string of the molecule is CCOc1cc([C@@H]2CC(=O)N(CC(=O)Nc3cc(C)n[nH]3)C2)ccc1C(C)O. The van der Waals surface area contributed by atoms with Crippen LogP contribution in [0.4, 0.5) is 5.82 Å². The van der Waals surface area contributed by atoms with Crippen molar-refractivity contribution in [3.63, 3.8) is 0 Å². The van der Waals surface area contributed by atoms with Crippen LogP contribution in [0.3, 0.4) is 0 Å². The van der Waals surface area contributed by atoms with Gasteiger partial charge in [0.1, 0.15) is 11.6 Å². The van der Waals surface area contributed by atoms with Gasteiger partial charge in [0.25, 0.3) is 0 Å². The van der Waals surface area contributed by atoms with E-state index in [-0.39, 0.29) is 24.3 Å². The van der Waals surface area contributed by atoms with Gasteiger partial charge in [-0.25, -0.2) is 0 Å². The van der Waals surface area contributed by atoms with Gasteiger partial charge in [-0.3, -0.25) is 14.7 Å². The number of aryl methyl sites for hydroxylation is 1. The van der Waals surface area contributed by atoms with Crippen LogP contribution in [0.1, 0.15) is 49.1 Å². The largest absolute Gasteiger partial charge is 0.493 e. The van der Waals surface area contributed by atoms with Crippen molar-refractivity contribution in [1.29, 1.82) is 0 Å². The maximum Gasteiger partial charge on any atom is 0.245 e. The lowest BCUT2D eigenvalue weighted by atomic mass is 9.95. The standard InChI is InChI=1S/C20H26N4O4/c1-4-28-17-8-14(5-6-16(17)13(3)25)15-9-20(27)24(10-15)11-19(26)21-18-7-12(2)22-23-18/h5-8,13,15,25H,4,9-11H2,1-3H3,(H2,21,22,23,26)/t13?,15-/m1/s1. The van der Waals surface area contributed by atoms with E-state index < -0.39 is 6.10 Å². The highest BCUT2D eigenvalue weighted by atomic mass is 16.5. The number of amides is 2. The number of nitrogens with one attached hydrogen (secondary N) is 2. The average Bonchev–Trinajstić information content (AvgIpc) is 3.20. The molecule has 2 aromatic rings. The molecule has 1 fully saturated rings. The van der Waals surface area contributed by atoms with Crippen LogP contribution in [0, 0.1) is 6.92 Å². The van der Waals surface area contributed by atoms with Crippen LogP contribution in [0.15, 0.2) is 24.3 Å². The van der Waals surface area contributed by atoms with Crippen molar-refractivity contribution in [3.05, 3.63) is 41.1 Å². The van der Waals surface area contributed by atoms with Gasteiger partial charge in [0.15, 0.2) is 0 Å². The topological polar surface area (TPSA) is 108 Å². The van der Waals surface area contributed by atoms with E-state index in [1.165, 1.54) is 0 Å². The lowest BCUT2D eigenvalue weighted by Gasteiger charge is -2.18. The molecule has 1 unspecified atom stereocenters. The van der Waals surface area contributed by atoms with Crippen LogP contribution in [0.5, 0.6) is 5.75 Å². The minimum atomic E-state index is -0.632. The quantitative estimate of drug-likeness (QED) is 0.676. The number of benzene rings is 1. The molecule has 0 aliphatic carbocycles. The fourth-order valence-electron chi connectivity index (χ4n) is 3.43. The van der Waals surface area contributed by atoms with Crippen molar-refractivity contribution in [2.24, 2.45) is 0 Å². The molecule has 1 aliphatic heterocycles. The van der Waals surface area contributed by atoms with E-state index in [9.17, 15) is 14.7 Å². The van der Waals surface area contributed by atoms with Gasteiger partial charge in [0.05, 0.1) is 24.9 Å².